The third-order valence-electron chi connectivity index (χ3n) is 4.02. The molecule has 0 fully saturated rings. The van der Waals surface area contributed by atoms with Crippen molar-refractivity contribution in [1.29, 1.82) is 0 Å². The first-order valence-corrected chi connectivity index (χ1v) is 10.8. The van der Waals surface area contributed by atoms with Crippen molar-refractivity contribution >= 4 is 27.1 Å². The van der Waals surface area contributed by atoms with Crippen LogP contribution in [-0.2, 0) is 21.2 Å². The highest BCUT2D eigenvalue weighted by atomic mass is 32.2. The highest BCUT2D eigenvalue weighted by Crippen LogP contribution is 2.30. The Kier molecular flexibility index (Phi) is 5.88. The van der Waals surface area contributed by atoms with Gasteiger partial charge in [0.15, 0.2) is 11.5 Å². The first-order valence-electron chi connectivity index (χ1n) is 8.47. The second kappa shape index (κ2) is 8.16. The van der Waals surface area contributed by atoms with Gasteiger partial charge in [0.05, 0.1) is 17.1 Å². The minimum Gasteiger partial charge on any atom is -0.355 e. The second-order valence-electron chi connectivity index (χ2n) is 6.42. The number of sulfonamides is 1. The molecule has 142 valence electrons. The Balaban J connectivity index is 1.84. The lowest BCUT2D eigenvalue weighted by molar-refractivity contribution is -0.123. The van der Waals surface area contributed by atoms with Crippen LogP contribution in [-0.4, -0.2) is 25.4 Å². The van der Waals surface area contributed by atoms with Crippen molar-refractivity contribution in [2.45, 2.75) is 30.5 Å². The van der Waals surface area contributed by atoms with Crippen molar-refractivity contribution in [1.82, 2.24) is 9.88 Å². The molecular weight excluding hydrogens is 384 g/mol. The molecular formula is C19H20N2O4S2. The zero-order valence-electron chi connectivity index (χ0n) is 15.0. The summed E-state index contributed by atoms with van der Waals surface area (Å²) in [4.78, 5) is 13.3. The van der Waals surface area contributed by atoms with Crippen LogP contribution >= 0.6 is 11.3 Å². The highest BCUT2D eigenvalue weighted by Gasteiger charge is 2.28. The van der Waals surface area contributed by atoms with E-state index in [1.54, 1.807) is 26.0 Å². The van der Waals surface area contributed by atoms with E-state index in [2.05, 4.69) is 9.88 Å². The maximum Gasteiger partial charge on any atom is 0.250 e. The molecule has 3 aromatic rings. The topological polar surface area (TPSA) is 89.3 Å². The van der Waals surface area contributed by atoms with Crippen molar-refractivity contribution in [3.05, 3.63) is 60.3 Å². The largest absolute Gasteiger partial charge is 0.355 e. The lowest BCUT2D eigenvalue weighted by Gasteiger charge is -2.19. The molecule has 0 aliphatic carbocycles. The van der Waals surface area contributed by atoms with Crippen LogP contribution in [0.4, 0.5) is 0 Å². The Morgan fingerprint density at radius 2 is 1.89 bits per heavy atom. The third kappa shape index (κ3) is 4.71. The van der Waals surface area contributed by atoms with Crippen LogP contribution < -0.4 is 4.72 Å². The van der Waals surface area contributed by atoms with Gasteiger partial charge in [0.1, 0.15) is 4.21 Å². The van der Waals surface area contributed by atoms with E-state index in [9.17, 15) is 13.2 Å². The quantitative estimate of drug-likeness (QED) is 0.620. The Morgan fingerprint density at radius 3 is 2.52 bits per heavy atom. The van der Waals surface area contributed by atoms with Gasteiger partial charge in [-0.25, -0.2) is 8.42 Å². The van der Waals surface area contributed by atoms with E-state index in [4.69, 9.17) is 4.52 Å². The Labute approximate surface area is 162 Å². The first kappa shape index (κ1) is 19.5. The van der Waals surface area contributed by atoms with Gasteiger partial charge < -0.3 is 4.52 Å². The molecule has 3 rings (SSSR count). The molecule has 0 bridgehead atoms. The van der Waals surface area contributed by atoms with Gasteiger partial charge in [-0.3, -0.25) is 4.79 Å². The molecule has 2 aromatic heterocycles. The molecule has 0 spiro atoms. The average Bonchev–Trinajstić information content (AvgIpc) is 3.32. The molecule has 0 aliphatic rings. The van der Waals surface area contributed by atoms with Crippen LogP contribution in [0.25, 0.3) is 10.6 Å². The number of nitrogens with one attached hydrogen (secondary N) is 1. The van der Waals surface area contributed by atoms with E-state index in [1.807, 2.05) is 30.3 Å². The van der Waals surface area contributed by atoms with E-state index in [1.165, 1.54) is 12.3 Å². The van der Waals surface area contributed by atoms with Crippen LogP contribution in [0, 0.1) is 5.92 Å². The zero-order chi connectivity index (χ0) is 19.4. The molecule has 0 amide bonds. The Morgan fingerprint density at radius 1 is 1.15 bits per heavy atom. The number of hydrogen-bond acceptors (Lipinski definition) is 6. The molecule has 0 saturated heterocycles. The number of ketones is 1. The number of carbonyl (C=O) groups excluding carboxylic acids is 1. The summed E-state index contributed by atoms with van der Waals surface area (Å²) in [6.45, 7) is 3.53. The van der Waals surface area contributed by atoms with Gasteiger partial charge in [-0.2, -0.15) is 4.72 Å². The molecule has 2 heterocycles. The van der Waals surface area contributed by atoms with Crippen molar-refractivity contribution in [2.75, 3.05) is 0 Å². The summed E-state index contributed by atoms with van der Waals surface area (Å²) in [7, 11) is -3.84. The lowest BCUT2D eigenvalue weighted by Crippen LogP contribution is -2.43. The van der Waals surface area contributed by atoms with Gasteiger partial charge in [0, 0.05) is 12.0 Å². The summed E-state index contributed by atoms with van der Waals surface area (Å²) < 4.78 is 33.5. The van der Waals surface area contributed by atoms with Crippen LogP contribution in [0.2, 0.25) is 0 Å². The summed E-state index contributed by atoms with van der Waals surface area (Å²) in [5.74, 6) is 0.0736. The molecule has 8 heteroatoms. The van der Waals surface area contributed by atoms with Gasteiger partial charge in [0.25, 0.3) is 10.0 Å². The number of carbonyl (C=O) groups is 1. The van der Waals surface area contributed by atoms with Gasteiger partial charge in [-0.15, -0.1) is 11.3 Å². The Bertz CT molecular complexity index is 994. The molecule has 0 saturated carbocycles. The van der Waals surface area contributed by atoms with Gasteiger partial charge in [-0.1, -0.05) is 49.3 Å². The number of nitrogens with zero attached hydrogens (tertiary/aromatic N) is 1. The molecule has 0 unspecified atom stereocenters. The standard InChI is InChI=1S/C19H20N2O4S2/c1-13(2)19(22)15(12-14-6-4-3-5-7-14)21-27(23,24)18-9-8-17(26-18)16-10-11-20-25-16/h3-11,13,15,21H,12H2,1-2H3/t15-/m0/s1. The minimum absolute atomic E-state index is 0.128. The third-order valence-corrected chi connectivity index (χ3v) is 7.08. The fourth-order valence-corrected chi connectivity index (χ4v) is 5.12. The summed E-state index contributed by atoms with van der Waals surface area (Å²) in [5, 5.41) is 3.63. The number of thiophene rings is 1. The van der Waals surface area contributed by atoms with Crippen molar-refractivity contribution < 1.29 is 17.7 Å². The summed E-state index contributed by atoms with van der Waals surface area (Å²) in [6.07, 6.45) is 1.80. The fourth-order valence-electron chi connectivity index (χ4n) is 2.64. The van der Waals surface area contributed by atoms with E-state index in [0.717, 1.165) is 16.9 Å². The molecule has 6 nitrogen and oxygen atoms in total. The van der Waals surface area contributed by atoms with Crippen molar-refractivity contribution in [3.63, 3.8) is 0 Å². The van der Waals surface area contributed by atoms with E-state index in [-0.39, 0.29) is 15.9 Å². The summed E-state index contributed by atoms with van der Waals surface area (Å²) in [5.41, 5.74) is 0.896. The average molecular weight is 405 g/mol. The molecule has 0 radical (unpaired) electrons. The number of hydrogen-bond donors (Lipinski definition) is 1. The van der Waals surface area contributed by atoms with E-state index < -0.39 is 16.1 Å². The summed E-state index contributed by atoms with van der Waals surface area (Å²) in [6, 6.07) is 13.4. The minimum atomic E-state index is -3.84. The number of benzene rings is 1. The maximum absolute atomic E-state index is 12.8. The fraction of sp³-hybridized carbons (Fsp3) is 0.263. The van der Waals surface area contributed by atoms with Crippen LogP contribution in [0.15, 0.2) is 63.5 Å². The number of Topliss-reactive ketones (excluding diaryl/α,β-unsaturated/α-hetero) is 1. The smallest absolute Gasteiger partial charge is 0.250 e. The molecule has 1 atom stereocenters. The van der Waals surface area contributed by atoms with Gasteiger partial charge >= 0.3 is 0 Å². The van der Waals surface area contributed by atoms with Crippen molar-refractivity contribution in [2.24, 2.45) is 5.92 Å². The zero-order valence-corrected chi connectivity index (χ0v) is 16.6. The SMILES string of the molecule is CC(C)C(=O)[C@H](Cc1ccccc1)NS(=O)(=O)c1ccc(-c2ccno2)s1. The second-order valence-corrected chi connectivity index (χ2v) is 9.44. The molecule has 1 N–H and O–H groups in total. The maximum atomic E-state index is 12.8. The first-order chi connectivity index (χ1) is 12.9. The molecule has 0 aliphatic heterocycles. The Hall–Kier alpha value is -2.29. The van der Waals surface area contributed by atoms with Crippen LogP contribution in [0.3, 0.4) is 0 Å². The number of aromatic nitrogens is 1. The van der Waals surface area contributed by atoms with E-state index >= 15 is 0 Å². The molecule has 27 heavy (non-hydrogen) atoms. The van der Waals surface area contributed by atoms with E-state index in [0.29, 0.717) is 17.1 Å². The summed E-state index contributed by atoms with van der Waals surface area (Å²) >= 11 is 1.07. The monoisotopic (exact) mass is 404 g/mol. The van der Waals surface area contributed by atoms with Crippen molar-refractivity contribution in [3.8, 4) is 10.6 Å². The van der Waals surface area contributed by atoms with Gasteiger partial charge in [-0.05, 0) is 24.1 Å². The molecule has 1 aromatic carbocycles. The predicted octanol–water partition coefficient (Wildman–Crippen LogP) is 3.52. The van der Waals surface area contributed by atoms with Crippen LogP contribution in [0.1, 0.15) is 19.4 Å². The predicted molar refractivity (Wildman–Crippen MR) is 104 cm³/mol. The van der Waals surface area contributed by atoms with Gasteiger partial charge in [0.2, 0.25) is 0 Å². The number of rotatable bonds is 8. The normalized spacial score (nSPS) is 13.0. The lowest BCUT2D eigenvalue weighted by atomic mass is 9.97. The highest BCUT2D eigenvalue weighted by molar-refractivity contribution is 7.91. The van der Waals surface area contributed by atoms with Crippen LogP contribution in [0.5, 0.6) is 0 Å².